The molecule has 5 heteroatoms. The molecule has 0 aromatic heterocycles. The van der Waals surface area contributed by atoms with Crippen LogP contribution in [-0.2, 0) is 14.3 Å². The van der Waals surface area contributed by atoms with E-state index in [0.29, 0.717) is 39.5 Å². The Balaban J connectivity index is 2.17. The zero-order chi connectivity index (χ0) is 13.2. The highest BCUT2D eigenvalue weighted by Crippen LogP contribution is 2.34. The molecule has 0 unspecified atom stereocenters. The van der Waals surface area contributed by atoms with Gasteiger partial charge in [-0.1, -0.05) is 0 Å². The second kappa shape index (κ2) is 5.15. The summed E-state index contributed by atoms with van der Waals surface area (Å²) in [6, 6.07) is 0. The number of morpholine rings is 1. The first-order valence-corrected chi connectivity index (χ1v) is 6.69. The Hall–Kier alpha value is -0.650. The van der Waals surface area contributed by atoms with Gasteiger partial charge in [-0.05, 0) is 26.7 Å². The molecule has 0 aliphatic carbocycles. The maximum Gasteiger partial charge on any atom is 0.230 e. The molecule has 5 nitrogen and oxygen atoms in total. The fourth-order valence-corrected chi connectivity index (χ4v) is 2.79. The van der Waals surface area contributed by atoms with E-state index in [0.717, 1.165) is 12.8 Å². The molecule has 18 heavy (non-hydrogen) atoms. The van der Waals surface area contributed by atoms with Gasteiger partial charge in [-0.2, -0.15) is 0 Å². The second-order valence-corrected chi connectivity index (χ2v) is 5.92. The van der Waals surface area contributed by atoms with E-state index >= 15 is 0 Å². The Labute approximate surface area is 109 Å². The zero-order valence-electron chi connectivity index (χ0n) is 11.4. The zero-order valence-corrected chi connectivity index (χ0v) is 11.4. The highest BCUT2D eigenvalue weighted by molar-refractivity contribution is 5.84. The van der Waals surface area contributed by atoms with Crippen LogP contribution in [0.15, 0.2) is 0 Å². The molecule has 2 rings (SSSR count). The average Bonchev–Trinajstić information content (AvgIpc) is 2.38. The second-order valence-electron chi connectivity index (χ2n) is 5.92. The van der Waals surface area contributed by atoms with Gasteiger partial charge in [0, 0.05) is 26.3 Å². The molecule has 2 aliphatic rings. The van der Waals surface area contributed by atoms with Crippen LogP contribution in [0.4, 0.5) is 0 Å². The van der Waals surface area contributed by atoms with E-state index in [1.54, 1.807) is 0 Å². The van der Waals surface area contributed by atoms with Gasteiger partial charge in [0.15, 0.2) is 0 Å². The molecule has 0 saturated carbocycles. The Morgan fingerprint density at radius 2 is 1.89 bits per heavy atom. The molecule has 2 fully saturated rings. The quantitative estimate of drug-likeness (QED) is 0.775. The highest BCUT2D eigenvalue weighted by Gasteiger charge is 2.46. The van der Waals surface area contributed by atoms with Gasteiger partial charge < -0.3 is 20.1 Å². The molecule has 2 aliphatic heterocycles. The smallest absolute Gasteiger partial charge is 0.230 e. The normalized spacial score (nSPS) is 26.9. The van der Waals surface area contributed by atoms with Crippen molar-refractivity contribution in [3.63, 3.8) is 0 Å². The summed E-state index contributed by atoms with van der Waals surface area (Å²) in [6.07, 6.45) is 1.46. The number of nitrogens with two attached hydrogens (primary N) is 1. The molecule has 0 aromatic rings. The van der Waals surface area contributed by atoms with E-state index < -0.39 is 5.41 Å². The largest absolute Gasteiger partial charge is 0.381 e. The van der Waals surface area contributed by atoms with E-state index in [4.69, 9.17) is 15.2 Å². The molecule has 2 heterocycles. The Morgan fingerprint density at radius 1 is 1.22 bits per heavy atom. The van der Waals surface area contributed by atoms with Gasteiger partial charge >= 0.3 is 0 Å². The van der Waals surface area contributed by atoms with Gasteiger partial charge in [-0.15, -0.1) is 0 Å². The lowest BCUT2D eigenvalue weighted by atomic mass is 9.77. The number of hydrogen-bond donors (Lipinski definition) is 1. The topological polar surface area (TPSA) is 64.8 Å². The van der Waals surface area contributed by atoms with Crippen molar-refractivity contribution in [3.05, 3.63) is 0 Å². The third-order valence-corrected chi connectivity index (χ3v) is 4.18. The molecule has 0 atom stereocenters. The predicted molar refractivity (Wildman–Crippen MR) is 68.2 cm³/mol. The minimum Gasteiger partial charge on any atom is -0.381 e. The summed E-state index contributed by atoms with van der Waals surface area (Å²) >= 11 is 0. The Bertz CT molecular complexity index is 311. The van der Waals surface area contributed by atoms with Crippen molar-refractivity contribution in [2.75, 3.05) is 39.5 Å². The van der Waals surface area contributed by atoms with Crippen LogP contribution in [0.3, 0.4) is 0 Å². The van der Waals surface area contributed by atoms with Crippen LogP contribution in [0.1, 0.15) is 26.7 Å². The molecular weight excluding hydrogens is 232 g/mol. The van der Waals surface area contributed by atoms with E-state index in [-0.39, 0.29) is 11.4 Å². The maximum absolute atomic E-state index is 12.9. The van der Waals surface area contributed by atoms with E-state index in [2.05, 4.69) is 0 Å². The fraction of sp³-hybridized carbons (Fsp3) is 0.923. The monoisotopic (exact) mass is 256 g/mol. The third-order valence-electron chi connectivity index (χ3n) is 4.18. The summed E-state index contributed by atoms with van der Waals surface area (Å²) in [5.41, 5.74) is 5.24. The van der Waals surface area contributed by atoms with Gasteiger partial charge in [0.25, 0.3) is 0 Å². The summed E-state index contributed by atoms with van der Waals surface area (Å²) < 4.78 is 10.8. The van der Waals surface area contributed by atoms with Crippen LogP contribution in [0.25, 0.3) is 0 Å². The van der Waals surface area contributed by atoms with Crippen LogP contribution in [0, 0.1) is 5.41 Å². The molecular formula is C13H24N2O3. The van der Waals surface area contributed by atoms with Crippen LogP contribution >= 0.6 is 0 Å². The lowest BCUT2D eigenvalue weighted by molar-refractivity contribution is -0.162. The van der Waals surface area contributed by atoms with Crippen molar-refractivity contribution in [1.82, 2.24) is 4.90 Å². The average molecular weight is 256 g/mol. The first-order chi connectivity index (χ1) is 8.52. The summed E-state index contributed by atoms with van der Waals surface area (Å²) in [5, 5.41) is 0. The predicted octanol–water partition coefficient (Wildman–Crippen LogP) is 0.379. The summed E-state index contributed by atoms with van der Waals surface area (Å²) in [4.78, 5) is 14.8. The number of amides is 1. The molecule has 104 valence electrons. The van der Waals surface area contributed by atoms with Gasteiger partial charge in [0.1, 0.15) is 0 Å². The first-order valence-electron chi connectivity index (χ1n) is 6.69. The molecule has 0 radical (unpaired) electrons. The molecule has 1 amide bonds. The number of carbonyl (C=O) groups is 1. The molecule has 2 N–H and O–H groups in total. The minimum absolute atomic E-state index is 0.182. The number of carbonyl (C=O) groups excluding carboxylic acids is 1. The van der Waals surface area contributed by atoms with E-state index in [1.807, 2.05) is 18.7 Å². The third kappa shape index (κ3) is 2.39. The highest BCUT2D eigenvalue weighted by atomic mass is 16.5. The Kier molecular flexibility index (Phi) is 3.94. The summed E-state index contributed by atoms with van der Waals surface area (Å²) in [5.74, 6) is 0.182. The van der Waals surface area contributed by atoms with Crippen LogP contribution in [-0.4, -0.2) is 55.9 Å². The van der Waals surface area contributed by atoms with E-state index in [1.165, 1.54) is 0 Å². The number of rotatable bonds is 2. The van der Waals surface area contributed by atoms with Crippen LogP contribution in [0.2, 0.25) is 0 Å². The van der Waals surface area contributed by atoms with Crippen LogP contribution in [0.5, 0.6) is 0 Å². The van der Waals surface area contributed by atoms with Gasteiger partial charge in [0.05, 0.1) is 24.2 Å². The van der Waals surface area contributed by atoms with Crippen molar-refractivity contribution < 1.29 is 14.3 Å². The Morgan fingerprint density at radius 3 is 2.44 bits per heavy atom. The van der Waals surface area contributed by atoms with Gasteiger partial charge in [0.2, 0.25) is 5.91 Å². The number of nitrogens with zero attached hydrogens (tertiary/aromatic N) is 1. The number of ether oxygens (including phenoxy) is 2. The van der Waals surface area contributed by atoms with Crippen LogP contribution < -0.4 is 5.73 Å². The van der Waals surface area contributed by atoms with E-state index in [9.17, 15) is 4.79 Å². The van der Waals surface area contributed by atoms with Crippen molar-refractivity contribution in [2.24, 2.45) is 11.1 Å². The van der Waals surface area contributed by atoms with Crippen molar-refractivity contribution >= 4 is 5.91 Å². The molecule has 2 saturated heterocycles. The lowest BCUT2D eigenvalue weighted by Gasteiger charge is -2.47. The number of hydrogen-bond acceptors (Lipinski definition) is 4. The van der Waals surface area contributed by atoms with Gasteiger partial charge in [-0.3, -0.25) is 4.79 Å². The first kappa shape index (κ1) is 13.8. The fourth-order valence-electron chi connectivity index (χ4n) is 2.79. The SMILES string of the molecule is CC1(C)COCCN1C(=O)C1(CN)CCOCC1. The molecule has 0 aromatic carbocycles. The van der Waals surface area contributed by atoms with Crippen molar-refractivity contribution in [3.8, 4) is 0 Å². The van der Waals surface area contributed by atoms with Crippen molar-refractivity contribution in [1.29, 1.82) is 0 Å². The lowest BCUT2D eigenvalue weighted by Crippen LogP contribution is -2.61. The maximum atomic E-state index is 12.9. The standard InChI is InChI=1S/C13H24N2O3/c1-12(2)10-18-8-5-15(12)11(16)13(9-14)3-6-17-7-4-13/h3-10,14H2,1-2H3. The minimum atomic E-state index is -0.424. The molecule has 0 spiro atoms. The molecule has 0 bridgehead atoms. The summed E-state index contributed by atoms with van der Waals surface area (Å²) in [7, 11) is 0. The van der Waals surface area contributed by atoms with Crippen molar-refractivity contribution in [2.45, 2.75) is 32.2 Å². The van der Waals surface area contributed by atoms with Gasteiger partial charge in [-0.25, -0.2) is 0 Å². The summed E-state index contributed by atoms with van der Waals surface area (Å²) in [6.45, 7) is 7.64.